The van der Waals surface area contributed by atoms with E-state index in [1.807, 2.05) is 0 Å². The molecular weight excluding hydrogens is 212 g/mol. The van der Waals surface area contributed by atoms with Crippen LogP contribution in [0.25, 0.3) is 0 Å². The van der Waals surface area contributed by atoms with Crippen molar-refractivity contribution in [3.63, 3.8) is 0 Å². The molecule has 0 aromatic heterocycles. The number of hydrogen-bond acceptors (Lipinski definition) is 5. The molecule has 0 aliphatic rings. The molecule has 1 aromatic carbocycles. The summed E-state index contributed by atoms with van der Waals surface area (Å²) in [5, 5.41) is 0. The number of benzene rings is 1. The molecule has 0 heterocycles. The maximum absolute atomic E-state index is 11.3. The van der Waals surface area contributed by atoms with Gasteiger partial charge in [-0.1, -0.05) is 0 Å². The molecular formula is C11H12O5. The molecule has 0 aliphatic carbocycles. The van der Waals surface area contributed by atoms with Gasteiger partial charge in [-0.25, -0.2) is 9.59 Å². The van der Waals surface area contributed by atoms with Crippen molar-refractivity contribution in [3.8, 4) is 0 Å². The van der Waals surface area contributed by atoms with Crippen molar-refractivity contribution < 1.29 is 23.8 Å². The monoisotopic (exact) mass is 224 g/mol. The fraction of sp³-hybridized carbons (Fsp3) is 0.273. The van der Waals surface area contributed by atoms with Crippen LogP contribution in [0, 0.1) is 0 Å². The summed E-state index contributed by atoms with van der Waals surface area (Å²) in [5.41, 5.74) is 0.732. The first-order valence-electron chi connectivity index (χ1n) is 4.53. The third-order valence-corrected chi connectivity index (χ3v) is 1.85. The van der Waals surface area contributed by atoms with Gasteiger partial charge in [0.05, 0.1) is 18.2 Å². The van der Waals surface area contributed by atoms with Gasteiger partial charge >= 0.3 is 11.9 Å². The molecule has 0 spiro atoms. The fourth-order valence-corrected chi connectivity index (χ4v) is 1.06. The molecule has 0 saturated carbocycles. The van der Waals surface area contributed by atoms with E-state index in [1.165, 1.54) is 38.5 Å². The molecule has 0 fully saturated rings. The molecule has 5 nitrogen and oxygen atoms in total. The lowest BCUT2D eigenvalue weighted by molar-refractivity contribution is -0.0125. The standard InChI is InChI=1S/C11H12O5/c1-14-7-16-11(13)9-5-3-8(4-6-9)10(12)15-2/h3-6H,7H2,1-2H3. The van der Waals surface area contributed by atoms with E-state index in [0.29, 0.717) is 11.1 Å². The van der Waals surface area contributed by atoms with E-state index in [4.69, 9.17) is 4.74 Å². The Morgan fingerprint density at radius 1 is 1.00 bits per heavy atom. The number of ether oxygens (including phenoxy) is 3. The Bertz CT molecular complexity index is 368. The van der Waals surface area contributed by atoms with Crippen molar-refractivity contribution in [3.05, 3.63) is 35.4 Å². The van der Waals surface area contributed by atoms with Crippen molar-refractivity contribution in [1.82, 2.24) is 0 Å². The highest BCUT2D eigenvalue weighted by atomic mass is 16.7. The molecule has 5 heteroatoms. The third-order valence-electron chi connectivity index (χ3n) is 1.85. The number of methoxy groups -OCH3 is 2. The van der Waals surface area contributed by atoms with E-state index in [9.17, 15) is 9.59 Å². The molecule has 0 amide bonds. The fourth-order valence-electron chi connectivity index (χ4n) is 1.06. The van der Waals surface area contributed by atoms with Gasteiger partial charge in [-0.2, -0.15) is 0 Å². The number of hydrogen-bond donors (Lipinski definition) is 0. The van der Waals surface area contributed by atoms with Crippen LogP contribution < -0.4 is 0 Å². The lowest BCUT2D eigenvalue weighted by atomic mass is 10.1. The second-order valence-corrected chi connectivity index (χ2v) is 2.91. The van der Waals surface area contributed by atoms with Crippen LogP contribution in [0.1, 0.15) is 20.7 Å². The van der Waals surface area contributed by atoms with Crippen LogP contribution in [0.4, 0.5) is 0 Å². The van der Waals surface area contributed by atoms with Gasteiger partial charge in [0.15, 0.2) is 6.79 Å². The number of carbonyl (C=O) groups excluding carboxylic acids is 2. The van der Waals surface area contributed by atoms with Crippen molar-refractivity contribution in [2.75, 3.05) is 21.0 Å². The Morgan fingerprint density at radius 2 is 1.50 bits per heavy atom. The van der Waals surface area contributed by atoms with E-state index >= 15 is 0 Å². The zero-order chi connectivity index (χ0) is 12.0. The topological polar surface area (TPSA) is 61.8 Å². The van der Waals surface area contributed by atoms with Gasteiger partial charge in [0, 0.05) is 7.11 Å². The van der Waals surface area contributed by atoms with E-state index in [1.54, 1.807) is 0 Å². The van der Waals surface area contributed by atoms with E-state index in [-0.39, 0.29) is 6.79 Å². The average molecular weight is 224 g/mol. The minimum atomic E-state index is -0.502. The normalized spacial score (nSPS) is 9.62. The predicted octanol–water partition coefficient (Wildman–Crippen LogP) is 1.23. The lowest BCUT2D eigenvalue weighted by Gasteiger charge is -2.03. The molecule has 0 aliphatic heterocycles. The van der Waals surface area contributed by atoms with Gasteiger partial charge in [-0.3, -0.25) is 0 Å². The zero-order valence-electron chi connectivity index (χ0n) is 9.06. The van der Waals surface area contributed by atoms with Crippen molar-refractivity contribution in [1.29, 1.82) is 0 Å². The summed E-state index contributed by atoms with van der Waals surface area (Å²) in [6, 6.07) is 5.97. The molecule has 1 aromatic rings. The molecule has 0 N–H and O–H groups in total. The highest BCUT2D eigenvalue weighted by Crippen LogP contribution is 2.07. The van der Waals surface area contributed by atoms with E-state index < -0.39 is 11.9 Å². The number of rotatable bonds is 4. The number of carbonyl (C=O) groups is 2. The van der Waals surface area contributed by atoms with Gasteiger partial charge in [0.1, 0.15) is 0 Å². The summed E-state index contributed by atoms with van der Waals surface area (Å²) >= 11 is 0. The van der Waals surface area contributed by atoms with Crippen LogP contribution in [0.2, 0.25) is 0 Å². The minimum absolute atomic E-state index is 0.0996. The minimum Gasteiger partial charge on any atom is -0.465 e. The van der Waals surface area contributed by atoms with Crippen LogP contribution in [0.5, 0.6) is 0 Å². The first-order chi connectivity index (χ1) is 7.69. The first-order valence-corrected chi connectivity index (χ1v) is 4.53. The smallest absolute Gasteiger partial charge is 0.340 e. The Labute approximate surface area is 92.9 Å². The highest BCUT2D eigenvalue weighted by Gasteiger charge is 2.09. The molecule has 0 atom stereocenters. The summed E-state index contributed by atoms with van der Waals surface area (Å²) in [6.45, 7) is -0.0996. The Hall–Kier alpha value is -1.88. The quantitative estimate of drug-likeness (QED) is 0.568. The van der Waals surface area contributed by atoms with Crippen LogP contribution >= 0.6 is 0 Å². The van der Waals surface area contributed by atoms with Crippen molar-refractivity contribution in [2.45, 2.75) is 0 Å². The maximum Gasteiger partial charge on any atom is 0.340 e. The SMILES string of the molecule is COCOC(=O)c1ccc(C(=O)OC)cc1. The second-order valence-electron chi connectivity index (χ2n) is 2.91. The molecule has 0 radical (unpaired) electrons. The van der Waals surface area contributed by atoms with Crippen molar-refractivity contribution >= 4 is 11.9 Å². The molecule has 0 unspecified atom stereocenters. The van der Waals surface area contributed by atoms with Crippen LogP contribution in [-0.2, 0) is 14.2 Å². The van der Waals surface area contributed by atoms with Gasteiger partial charge < -0.3 is 14.2 Å². The predicted molar refractivity (Wildman–Crippen MR) is 55.1 cm³/mol. The van der Waals surface area contributed by atoms with Gasteiger partial charge in [0.25, 0.3) is 0 Å². The summed E-state index contributed by atoms with van der Waals surface area (Å²) in [7, 11) is 2.72. The molecule has 1 rings (SSSR count). The number of esters is 2. The molecule has 0 saturated heterocycles. The summed E-state index contributed by atoms with van der Waals surface area (Å²) in [6.07, 6.45) is 0. The van der Waals surface area contributed by atoms with Gasteiger partial charge in [-0.05, 0) is 24.3 Å². The second kappa shape index (κ2) is 5.87. The summed E-state index contributed by atoms with van der Waals surface area (Å²) in [4.78, 5) is 22.4. The van der Waals surface area contributed by atoms with E-state index in [2.05, 4.69) is 9.47 Å². The van der Waals surface area contributed by atoms with Crippen LogP contribution in [-0.4, -0.2) is 33.0 Å². The first kappa shape index (κ1) is 12.2. The lowest BCUT2D eigenvalue weighted by Crippen LogP contribution is -2.08. The molecule has 86 valence electrons. The average Bonchev–Trinajstić information content (AvgIpc) is 2.35. The zero-order valence-corrected chi connectivity index (χ0v) is 9.06. The largest absolute Gasteiger partial charge is 0.465 e. The summed E-state index contributed by atoms with van der Waals surface area (Å²) < 4.78 is 13.8. The van der Waals surface area contributed by atoms with Gasteiger partial charge in [-0.15, -0.1) is 0 Å². The van der Waals surface area contributed by atoms with Crippen LogP contribution in [0.15, 0.2) is 24.3 Å². The van der Waals surface area contributed by atoms with Crippen molar-refractivity contribution in [2.24, 2.45) is 0 Å². The van der Waals surface area contributed by atoms with Gasteiger partial charge in [0.2, 0.25) is 0 Å². The Kier molecular flexibility index (Phi) is 4.47. The summed E-state index contributed by atoms with van der Waals surface area (Å²) in [5.74, 6) is -0.949. The Balaban J connectivity index is 2.71. The maximum atomic E-state index is 11.3. The van der Waals surface area contributed by atoms with E-state index in [0.717, 1.165) is 0 Å². The van der Waals surface area contributed by atoms with Crippen LogP contribution in [0.3, 0.4) is 0 Å². The highest BCUT2D eigenvalue weighted by molar-refractivity contribution is 5.93. The Morgan fingerprint density at radius 3 is 1.94 bits per heavy atom. The molecule has 0 bridgehead atoms. The molecule has 16 heavy (non-hydrogen) atoms. The third kappa shape index (κ3) is 3.06.